The summed E-state index contributed by atoms with van der Waals surface area (Å²) in [5, 5.41) is 4.53. The van der Waals surface area contributed by atoms with Crippen LogP contribution in [0.5, 0.6) is 0 Å². The van der Waals surface area contributed by atoms with Crippen LogP contribution in [0.15, 0.2) is 98.4 Å². The van der Waals surface area contributed by atoms with Crippen molar-refractivity contribution >= 4 is 43.6 Å². The van der Waals surface area contributed by atoms with Crippen molar-refractivity contribution in [3.63, 3.8) is 0 Å². The van der Waals surface area contributed by atoms with Gasteiger partial charge >= 0.3 is 42.1 Å². The molecule has 0 radical (unpaired) electrons. The fraction of sp³-hybridized carbons (Fsp3) is 0.111. The van der Waals surface area contributed by atoms with Crippen molar-refractivity contribution in [2.45, 2.75) is 0 Å². The van der Waals surface area contributed by atoms with Gasteiger partial charge in [0.15, 0.2) is 0 Å². The minimum absolute atomic E-state index is 0. The standard InChI is InChI=1S/2C18H14N6.2Pt/c2*1-21-11-17(20-12-21)23-6-3-13-9-14-4-7-24(16(14)10-15(13)23)18-19-5-8-22(18)2;;/h2*3-9,11H,1-2H3;;/q2*-2;2*+2. The summed E-state index contributed by atoms with van der Waals surface area (Å²) in [6.45, 7) is 0. The van der Waals surface area contributed by atoms with Gasteiger partial charge in [0.1, 0.15) is 0 Å². The molecule has 252 valence electrons. The summed E-state index contributed by atoms with van der Waals surface area (Å²) in [5.41, 5.74) is 3.97. The first-order chi connectivity index (χ1) is 23.4. The van der Waals surface area contributed by atoms with Crippen LogP contribution in [0.25, 0.3) is 67.1 Å². The molecule has 0 fully saturated rings. The summed E-state index contributed by atoms with van der Waals surface area (Å²) in [6, 6.07) is 19.8. The van der Waals surface area contributed by atoms with Crippen LogP contribution < -0.4 is 0 Å². The summed E-state index contributed by atoms with van der Waals surface area (Å²) < 4.78 is 15.8. The number of hydrogen-bond donors (Lipinski definition) is 0. The van der Waals surface area contributed by atoms with E-state index in [1.54, 1.807) is 12.4 Å². The zero-order chi connectivity index (χ0) is 32.5. The van der Waals surface area contributed by atoms with Gasteiger partial charge in [-0.2, -0.15) is 12.1 Å². The maximum atomic E-state index is 4.44. The molecule has 0 unspecified atom stereocenters. The van der Waals surface area contributed by atoms with Crippen LogP contribution in [-0.2, 0) is 70.3 Å². The van der Waals surface area contributed by atoms with Crippen LogP contribution in [0.3, 0.4) is 0 Å². The fourth-order valence-corrected chi connectivity index (χ4v) is 6.19. The second kappa shape index (κ2) is 12.9. The Morgan fingerprint density at radius 1 is 0.480 bits per heavy atom. The average Bonchev–Trinajstić information content (AvgIpc) is 3.91. The van der Waals surface area contributed by atoms with E-state index in [-0.39, 0.29) is 42.1 Å². The van der Waals surface area contributed by atoms with Crippen LogP contribution in [-0.4, -0.2) is 56.5 Å². The van der Waals surface area contributed by atoms with E-state index in [0.29, 0.717) is 0 Å². The van der Waals surface area contributed by atoms with Gasteiger partial charge in [-0.1, -0.05) is 46.3 Å². The molecule has 0 amide bonds. The minimum Gasteiger partial charge on any atom is -0.454 e. The van der Waals surface area contributed by atoms with Crippen molar-refractivity contribution in [2.75, 3.05) is 0 Å². The average molecular weight is 1020 g/mol. The number of aryl methyl sites for hydroxylation is 4. The van der Waals surface area contributed by atoms with Crippen LogP contribution in [0.1, 0.15) is 0 Å². The minimum atomic E-state index is 0. The summed E-state index contributed by atoms with van der Waals surface area (Å²) in [5.74, 6) is 3.39. The quantitative estimate of drug-likeness (QED) is 0.225. The van der Waals surface area contributed by atoms with Crippen molar-refractivity contribution in [1.29, 1.82) is 0 Å². The third-order valence-electron chi connectivity index (χ3n) is 8.54. The Balaban J connectivity index is 0.000000151. The van der Waals surface area contributed by atoms with Gasteiger partial charge in [0.25, 0.3) is 0 Å². The molecule has 8 aromatic heterocycles. The molecule has 14 heteroatoms. The van der Waals surface area contributed by atoms with Crippen molar-refractivity contribution in [3.8, 4) is 23.5 Å². The van der Waals surface area contributed by atoms with E-state index in [9.17, 15) is 0 Å². The van der Waals surface area contributed by atoms with Gasteiger partial charge in [-0.15, -0.1) is 46.1 Å². The molecule has 2 aromatic carbocycles. The summed E-state index contributed by atoms with van der Waals surface area (Å²) in [7, 11) is 7.80. The SMILES string of the molecule is Cn1[c-]nc(-n2ccc3cc4ccn(-c5nccn5C)c4[c-]c32)c1.Cn1[c-]nc(-n2ccc3cc4ccn(-c5nccn5C)c4[c-]c32)c1.[Pt+2].[Pt+2]. The van der Waals surface area contributed by atoms with Gasteiger partial charge < -0.3 is 46.5 Å². The molecule has 0 saturated heterocycles. The number of imidazole rings is 4. The largest absolute Gasteiger partial charge is 2.00 e. The number of hydrogen-bond acceptors (Lipinski definition) is 4. The molecule has 0 bridgehead atoms. The molecular formula is C36H28N12Pt2. The number of nitrogens with zero attached hydrogens (tertiary/aromatic N) is 12. The first-order valence-corrected chi connectivity index (χ1v) is 15.3. The van der Waals surface area contributed by atoms with Gasteiger partial charge in [0.2, 0.25) is 11.9 Å². The van der Waals surface area contributed by atoms with Crippen LogP contribution in [0.4, 0.5) is 0 Å². The second-order valence-electron chi connectivity index (χ2n) is 11.8. The molecule has 0 spiro atoms. The molecule has 10 aromatic rings. The Morgan fingerprint density at radius 3 is 1.16 bits per heavy atom. The van der Waals surface area contributed by atoms with Crippen molar-refractivity contribution in [2.24, 2.45) is 28.2 Å². The maximum absolute atomic E-state index is 4.44. The molecule has 0 aliphatic carbocycles. The summed E-state index contributed by atoms with van der Waals surface area (Å²) >= 11 is 0. The molecule has 50 heavy (non-hydrogen) atoms. The van der Waals surface area contributed by atoms with E-state index < -0.39 is 0 Å². The fourth-order valence-electron chi connectivity index (χ4n) is 6.19. The zero-order valence-corrected chi connectivity index (χ0v) is 31.8. The van der Waals surface area contributed by atoms with Gasteiger partial charge in [0, 0.05) is 51.5 Å². The first kappa shape index (κ1) is 33.3. The third-order valence-corrected chi connectivity index (χ3v) is 8.54. The van der Waals surface area contributed by atoms with E-state index in [1.165, 1.54) is 0 Å². The molecule has 0 atom stereocenters. The molecule has 10 rings (SSSR count). The Bertz CT molecular complexity index is 2570. The van der Waals surface area contributed by atoms with E-state index >= 15 is 0 Å². The molecule has 8 heterocycles. The van der Waals surface area contributed by atoms with E-state index in [4.69, 9.17) is 0 Å². The van der Waals surface area contributed by atoms with Gasteiger partial charge in [-0.3, -0.25) is 0 Å². The molecular weight excluding hydrogens is 991 g/mol. The van der Waals surface area contributed by atoms with E-state index in [1.807, 2.05) is 105 Å². The molecule has 0 aliphatic rings. The van der Waals surface area contributed by atoms with E-state index in [0.717, 1.165) is 67.1 Å². The third kappa shape index (κ3) is 5.49. The zero-order valence-electron chi connectivity index (χ0n) is 27.2. The Labute approximate surface area is 315 Å². The molecule has 0 N–H and O–H groups in total. The van der Waals surface area contributed by atoms with Gasteiger partial charge in [-0.25, -0.2) is 9.97 Å². The normalized spacial score (nSPS) is 11.3. The van der Waals surface area contributed by atoms with Gasteiger partial charge in [0.05, 0.1) is 0 Å². The van der Waals surface area contributed by atoms with Crippen LogP contribution >= 0.6 is 0 Å². The van der Waals surface area contributed by atoms with Crippen molar-refractivity contribution in [1.82, 2.24) is 56.5 Å². The van der Waals surface area contributed by atoms with E-state index in [2.05, 4.69) is 90.3 Å². The van der Waals surface area contributed by atoms with Crippen LogP contribution in [0, 0.1) is 24.8 Å². The first-order valence-electron chi connectivity index (χ1n) is 15.3. The predicted octanol–water partition coefficient (Wildman–Crippen LogP) is 5.28. The molecule has 12 nitrogen and oxygen atoms in total. The summed E-state index contributed by atoms with van der Waals surface area (Å²) in [4.78, 5) is 17.5. The topological polar surface area (TPSA) is 91.0 Å². The Morgan fingerprint density at radius 2 is 0.840 bits per heavy atom. The van der Waals surface area contributed by atoms with Crippen LogP contribution in [0.2, 0.25) is 0 Å². The number of rotatable bonds is 4. The monoisotopic (exact) mass is 1020 g/mol. The number of benzene rings is 2. The molecule has 0 saturated carbocycles. The van der Waals surface area contributed by atoms with Crippen molar-refractivity contribution < 1.29 is 42.1 Å². The summed E-state index contributed by atoms with van der Waals surface area (Å²) in [6.07, 6.45) is 25.3. The smallest absolute Gasteiger partial charge is 0.454 e. The predicted molar refractivity (Wildman–Crippen MR) is 183 cm³/mol. The maximum Gasteiger partial charge on any atom is 2.00 e. The Kier molecular flexibility index (Phi) is 8.62. The second-order valence-corrected chi connectivity index (χ2v) is 11.8. The molecule has 0 aliphatic heterocycles. The number of fused-ring (bicyclic) bond motifs is 4. The van der Waals surface area contributed by atoms with Gasteiger partial charge in [-0.05, 0) is 50.5 Å². The Hall–Kier alpha value is -5.18. The number of aromatic nitrogens is 12. The van der Waals surface area contributed by atoms with Crippen molar-refractivity contribution in [3.05, 3.63) is 123 Å².